The maximum absolute atomic E-state index is 7.01. The van der Waals surface area contributed by atoms with Crippen LogP contribution in [0.3, 0.4) is 0 Å². The van der Waals surface area contributed by atoms with E-state index in [1.165, 1.54) is 127 Å². The number of furan rings is 1. The lowest BCUT2D eigenvalue weighted by atomic mass is 9.72. The number of fused-ring (bicyclic) bond motifs is 19. The smallest absolute Gasteiger partial charge is 0.144 e. The van der Waals surface area contributed by atoms with Crippen LogP contribution in [0.15, 0.2) is 192 Å². The van der Waals surface area contributed by atoms with E-state index in [0.717, 1.165) is 33.7 Å². The van der Waals surface area contributed by atoms with E-state index in [1.54, 1.807) is 0 Å². The van der Waals surface area contributed by atoms with Gasteiger partial charge in [0.2, 0.25) is 0 Å². The number of hydrogen-bond acceptors (Lipinski definition) is 2. The average Bonchev–Trinajstić information content (AvgIpc) is 4.15. The second-order valence-electron chi connectivity index (χ2n) is 23.0. The molecule has 0 aliphatic heterocycles. The van der Waals surface area contributed by atoms with Gasteiger partial charge in [0.25, 0.3) is 0 Å². The van der Waals surface area contributed by atoms with Crippen LogP contribution in [-0.2, 0) is 16.2 Å². The molecular formula is C71H56N2O. The van der Waals surface area contributed by atoms with Crippen LogP contribution in [0.1, 0.15) is 86.1 Å². The number of hydrogen-bond donors (Lipinski definition) is 1. The van der Waals surface area contributed by atoms with Gasteiger partial charge >= 0.3 is 0 Å². The van der Waals surface area contributed by atoms with Crippen molar-refractivity contribution in [2.24, 2.45) is 0 Å². The summed E-state index contributed by atoms with van der Waals surface area (Å²) < 4.78 is 7.01. The molecule has 3 nitrogen and oxygen atoms in total. The highest BCUT2D eigenvalue weighted by Crippen LogP contribution is 2.64. The summed E-state index contributed by atoms with van der Waals surface area (Å²) in [6.07, 6.45) is 0. The normalized spacial score (nSPS) is 15.1. The minimum Gasteiger partial charge on any atom is -0.455 e. The molecule has 10 aromatic carbocycles. The van der Waals surface area contributed by atoms with Crippen molar-refractivity contribution in [1.29, 1.82) is 0 Å². The Labute approximate surface area is 432 Å². The Morgan fingerprint density at radius 3 is 1.70 bits per heavy atom. The summed E-state index contributed by atoms with van der Waals surface area (Å²) >= 11 is 0. The first-order valence-electron chi connectivity index (χ1n) is 26.3. The Balaban J connectivity index is 0.945. The zero-order valence-electron chi connectivity index (χ0n) is 43.3. The highest BCUT2D eigenvalue weighted by atomic mass is 16.3. The predicted molar refractivity (Wildman–Crippen MR) is 311 cm³/mol. The van der Waals surface area contributed by atoms with Crippen molar-refractivity contribution >= 4 is 60.8 Å². The lowest BCUT2D eigenvalue weighted by Crippen LogP contribution is -2.24. The van der Waals surface area contributed by atoms with Crippen molar-refractivity contribution in [1.82, 2.24) is 4.98 Å². The van der Waals surface area contributed by atoms with Gasteiger partial charge in [-0.05, 0) is 157 Å². The van der Waals surface area contributed by atoms with Gasteiger partial charge < -0.3 is 14.3 Å². The monoisotopic (exact) mass is 952 g/mol. The lowest BCUT2D eigenvalue weighted by Gasteiger charge is -2.32. The number of aromatic nitrogens is 1. The molecule has 3 heteroatoms. The molecule has 2 aromatic heterocycles. The van der Waals surface area contributed by atoms with Gasteiger partial charge in [-0.3, -0.25) is 0 Å². The SMILES string of the molecule is Cc1cc(C)cc(N(c2ccc3c(c2)C(C)(C)c2cc(-c4ccccc4-c4ccccc4)c4[nH]c5ccccc5c4c2-3)c2ccc3c(c2)C(C)(C)c2c4c(c5oc6ccccc6c5c2-3)-c2ccccc2C4(C)C)c1. The van der Waals surface area contributed by atoms with Crippen LogP contribution in [0.25, 0.3) is 99.4 Å². The van der Waals surface area contributed by atoms with Crippen LogP contribution >= 0.6 is 0 Å². The Bertz CT molecular complexity index is 4400. The maximum Gasteiger partial charge on any atom is 0.144 e. The summed E-state index contributed by atoms with van der Waals surface area (Å²) in [6, 6.07) is 70.4. The number of para-hydroxylation sites is 2. The molecule has 3 aliphatic carbocycles. The average molecular weight is 953 g/mol. The third kappa shape index (κ3) is 5.67. The van der Waals surface area contributed by atoms with E-state index in [4.69, 9.17) is 4.42 Å². The number of rotatable bonds is 5. The molecule has 12 aromatic rings. The third-order valence-corrected chi connectivity index (χ3v) is 17.6. The Kier molecular flexibility index (Phi) is 8.68. The third-order valence-electron chi connectivity index (χ3n) is 17.6. The first kappa shape index (κ1) is 43.2. The Hall–Kier alpha value is -8.40. The summed E-state index contributed by atoms with van der Waals surface area (Å²) in [5.74, 6) is 0. The molecule has 0 spiro atoms. The molecule has 1 N–H and O–H groups in total. The number of nitrogens with one attached hydrogen (secondary N) is 1. The van der Waals surface area contributed by atoms with E-state index >= 15 is 0 Å². The molecule has 0 radical (unpaired) electrons. The number of aryl methyl sites for hydroxylation is 2. The molecule has 15 rings (SSSR count). The van der Waals surface area contributed by atoms with Crippen LogP contribution in [-0.4, -0.2) is 4.98 Å². The van der Waals surface area contributed by atoms with Crippen LogP contribution in [0.4, 0.5) is 17.1 Å². The molecule has 0 atom stereocenters. The minimum atomic E-state index is -0.325. The molecule has 2 heterocycles. The molecule has 0 bridgehead atoms. The van der Waals surface area contributed by atoms with Gasteiger partial charge in [0.1, 0.15) is 11.2 Å². The number of benzene rings is 10. The van der Waals surface area contributed by atoms with E-state index in [1.807, 2.05) is 0 Å². The second-order valence-corrected chi connectivity index (χ2v) is 23.0. The fourth-order valence-corrected chi connectivity index (χ4v) is 14.3. The zero-order valence-corrected chi connectivity index (χ0v) is 43.3. The van der Waals surface area contributed by atoms with Crippen molar-refractivity contribution in [3.8, 4) is 55.6 Å². The van der Waals surface area contributed by atoms with Gasteiger partial charge in [0.05, 0.1) is 5.52 Å². The number of nitrogens with zero attached hydrogens (tertiary/aromatic N) is 1. The van der Waals surface area contributed by atoms with E-state index in [9.17, 15) is 0 Å². The fraction of sp³-hybridized carbons (Fsp3) is 0.155. The topological polar surface area (TPSA) is 32.2 Å². The largest absolute Gasteiger partial charge is 0.455 e. The molecule has 0 saturated carbocycles. The van der Waals surface area contributed by atoms with Crippen LogP contribution in [0.5, 0.6) is 0 Å². The Morgan fingerprint density at radius 2 is 0.959 bits per heavy atom. The molecule has 74 heavy (non-hydrogen) atoms. The van der Waals surface area contributed by atoms with Gasteiger partial charge in [-0.25, -0.2) is 0 Å². The number of aromatic amines is 1. The summed E-state index contributed by atoms with van der Waals surface area (Å²) in [5, 5.41) is 4.94. The Morgan fingerprint density at radius 1 is 0.392 bits per heavy atom. The van der Waals surface area contributed by atoms with E-state index in [2.05, 4.69) is 253 Å². The molecule has 0 unspecified atom stereocenters. The van der Waals surface area contributed by atoms with Gasteiger partial charge in [0.15, 0.2) is 0 Å². The van der Waals surface area contributed by atoms with E-state index < -0.39 is 0 Å². The standard InChI is InChI=1S/C71H56N2O/c1-40-34-41(2)36-45(35-40)73(44-31-33-50-56(38-44)71(7,8)65-61(50)63-52-26-16-19-29-59(52)74-68(63)64-48-24-14-17-27-54(48)70(5,6)66(64)65)43-30-32-49-55(37-43)69(3,4)57-39-53(47-23-13-12-22-46(47)42-20-10-9-11-21-42)67-62(60(49)57)51-25-15-18-28-58(51)72-67/h9-39,72H,1-8H3. The molecule has 0 fully saturated rings. The number of H-pyrrole nitrogens is 1. The second kappa shape index (κ2) is 14.9. The van der Waals surface area contributed by atoms with Crippen molar-refractivity contribution in [2.45, 2.75) is 71.6 Å². The van der Waals surface area contributed by atoms with E-state index in [-0.39, 0.29) is 16.2 Å². The molecule has 3 aliphatic rings. The van der Waals surface area contributed by atoms with Crippen molar-refractivity contribution in [3.63, 3.8) is 0 Å². The lowest BCUT2D eigenvalue weighted by molar-refractivity contribution is 0.600. The van der Waals surface area contributed by atoms with Crippen molar-refractivity contribution < 1.29 is 4.42 Å². The quantitative estimate of drug-likeness (QED) is 0.186. The van der Waals surface area contributed by atoms with Gasteiger partial charge in [-0.1, -0.05) is 175 Å². The van der Waals surface area contributed by atoms with Crippen LogP contribution in [0.2, 0.25) is 0 Å². The summed E-state index contributed by atoms with van der Waals surface area (Å²) in [5.41, 5.74) is 30.2. The van der Waals surface area contributed by atoms with Crippen molar-refractivity contribution in [2.75, 3.05) is 4.90 Å². The molecule has 356 valence electrons. The summed E-state index contributed by atoms with van der Waals surface area (Å²) in [7, 11) is 0. The first-order valence-corrected chi connectivity index (χ1v) is 26.3. The van der Waals surface area contributed by atoms with Gasteiger partial charge in [-0.2, -0.15) is 0 Å². The molecule has 0 saturated heterocycles. The predicted octanol–water partition coefficient (Wildman–Crippen LogP) is 19.6. The zero-order chi connectivity index (χ0) is 50.2. The number of anilines is 3. The highest BCUT2D eigenvalue weighted by Gasteiger charge is 2.49. The van der Waals surface area contributed by atoms with Gasteiger partial charge in [-0.15, -0.1) is 0 Å². The summed E-state index contributed by atoms with van der Waals surface area (Å²) in [6.45, 7) is 19.1. The summed E-state index contributed by atoms with van der Waals surface area (Å²) in [4.78, 5) is 6.48. The van der Waals surface area contributed by atoms with Gasteiger partial charge in [0, 0.05) is 71.5 Å². The first-order chi connectivity index (χ1) is 35.8. The van der Waals surface area contributed by atoms with Crippen LogP contribution < -0.4 is 4.90 Å². The minimum absolute atomic E-state index is 0.227. The fourth-order valence-electron chi connectivity index (χ4n) is 14.3. The van der Waals surface area contributed by atoms with E-state index in [0.29, 0.717) is 0 Å². The van der Waals surface area contributed by atoms with Crippen molar-refractivity contribution in [3.05, 3.63) is 233 Å². The highest BCUT2D eigenvalue weighted by molar-refractivity contribution is 6.22. The maximum atomic E-state index is 7.01. The van der Waals surface area contributed by atoms with Crippen LogP contribution in [0, 0.1) is 13.8 Å². The molecule has 0 amide bonds. The molecular weight excluding hydrogens is 897 g/mol.